The van der Waals surface area contributed by atoms with E-state index < -0.39 is 35.1 Å². The number of benzene rings is 1. The van der Waals surface area contributed by atoms with E-state index in [0.29, 0.717) is 6.07 Å². The number of methoxy groups -OCH3 is 1. The van der Waals surface area contributed by atoms with Gasteiger partial charge in [-0.25, -0.2) is 18.0 Å². The Morgan fingerprint density at radius 2 is 1.80 bits per heavy atom. The van der Waals surface area contributed by atoms with Crippen molar-refractivity contribution in [3.8, 4) is 0 Å². The largest absolute Gasteiger partial charge is 0.467 e. The van der Waals surface area contributed by atoms with Crippen molar-refractivity contribution in [1.29, 1.82) is 0 Å². The predicted molar refractivity (Wildman–Crippen MR) is 43.3 cm³/mol. The molecule has 0 aliphatic rings. The van der Waals surface area contributed by atoms with Crippen LogP contribution >= 0.6 is 0 Å². The van der Waals surface area contributed by atoms with Gasteiger partial charge in [0, 0.05) is 11.6 Å². The van der Waals surface area contributed by atoms with E-state index >= 15 is 0 Å². The molecule has 0 amide bonds. The van der Waals surface area contributed by atoms with Crippen molar-refractivity contribution in [3.63, 3.8) is 0 Å². The second kappa shape index (κ2) is 4.31. The lowest BCUT2D eigenvalue weighted by Gasteiger charge is -2.09. The molecule has 0 bridgehead atoms. The molecule has 1 rings (SSSR count). The molecule has 1 atom stereocenters. The van der Waals surface area contributed by atoms with Crippen molar-refractivity contribution in [3.05, 3.63) is 35.1 Å². The fourth-order valence-corrected chi connectivity index (χ4v) is 0.986. The van der Waals surface area contributed by atoms with Crippen LogP contribution in [-0.2, 0) is 9.53 Å². The van der Waals surface area contributed by atoms with Crippen molar-refractivity contribution in [2.45, 2.75) is 6.10 Å². The lowest BCUT2D eigenvalue weighted by Crippen LogP contribution is -2.15. The molecule has 0 fully saturated rings. The molecule has 82 valence electrons. The second-order valence-electron chi connectivity index (χ2n) is 2.71. The number of carbonyl (C=O) groups is 1. The molecule has 3 nitrogen and oxygen atoms in total. The van der Waals surface area contributed by atoms with Gasteiger partial charge in [-0.2, -0.15) is 0 Å². The Balaban J connectivity index is 3.14. The van der Waals surface area contributed by atoms with Crippen LogP contribution in [0.2, 0.25) is 0 Å². The van der Waals surface area contributed by atoms with E-state index in [0.717, 1.165) is 7.11 Å². The van der Waals surface area contributed by atoms with Gasteiger partial charge >= 0.3 is 5.97 Å². The summed E-state index contributed by atoms with van der Waals surface area (Å²) in [5.74, 6) is -5.12. The van der Waals surface area contributed by atoms with Crippen LogP contribution in [0.4, 0.5) is 13.2 Å². The van der Waals surface area contributed by atoms with Crippen molar-refractivity contribution in [1.82, 2.24) is 0 Å². The Morgan fingerprint density at radius 3 is 2.33 bits per heavy atom. The predicted octanol–water partition coefficient (Wildman–Crippen LogP) is 1.31. The third-order valence-corrected chi connectivity index (χ3v) is 1.76. The molecule has 1 aromatic rings. The zero-order valence-electron chi connectivity index (χ0n) is 7.63. The Hall–Kier alpha value is -1.56. The van der Waals surface area contributed by atoms with E-state index in [1.165, 1.54) is 0 Å². The number of ether oxygens (including phenoxy) is 1. The quantitative estimate of drug-likeness (QED) is 0.603. The van der Waals surface area contributed by atoms with Gasteiger partial charge in [-0.05, 0) is 6.07 Å². The van der Waals surface area contributed by atoms with Crippen molar-refractivity contribution in [2.24, 2.45) is 0 Å². The summed E-state index contributed by atoms with van der Waals surface area (Å²) in [4.78, 5) is 10.8. The van der Waals surface area contributed by atoms with Gasteiger partial charge in [-0.15, -0.1) is 0 Å². The molecule has 0 saturated carbocycles. The van der Waals surface area contributed by atoms with Gasteiger partial charge in [-0.1, -0.05) is 0 Å². The number of carbonyl (C=O) groups excluding carboxylic acids is 1. The highest BCUT2D eigenvalue weighted by Gasteiger charge is 2.23. The van der Waals surface area contributed by atoms with Gasteiger partial charge in [-0.3, -0.25) is 0 Å². The molecular weight excluding hydrogens is 213 g/mol. The summed E-state index contributed by atoms with van der Waals surface area (Å²) in [7, 11) is 0.976. The van der Waals surface area contributed by atoms with Crippen LogP contribution in [0.25, 0.3) is 0 Å². The van der Waals surface area contributed by atoms with Crippen molar-refractivity contribution < 1.29 is 27.8 Å². The van der Waals surface area contributed by atoms with Gasteiger partial charge in [0.25, 0.3) is 0 Å². The normalized spacial score (nSPS) is 12.3. The van der Waals surface area contributed by atoms with Crippen molar-refractivity contribution >= 4 is 5.97 Å². The van der Waals surface area contributed by atoms with Gasteiger partial charge in [0.15, 0.2) is 17.7 Å². The maximum Gasteiger partial charge on any atom is 0.339 e. The van der Waals surface area contributed by atoms with E-state index in [4.69, 9.17) is 0 Å². The summed E-state index contributed by atoms with van der Waals surface area (Å²) in [5.41, 5.74) is -0.666. The minimum Gasteiger partial charge on any atom is -0.467 e. The number of esters is 1. The standard InChI is InChI=1S/C9H7F3O3/c1-15-9(14)8(13)4-2-6(11)7(12)3-5(4)10/h2-3,8,13H,1H3/t8-/m1/s1. The minimum atomic E-state index is -1.97. The molecule has 0 aromatic heterocycles. The van der Waals surface area contributed by atoms with E-state index in [1.807, 2.05) is 0 Å². The number of aliphatic hydroxyl groups excluding tert-OH is 1. The zero-order valence-corrected chi connectivity index (χ0v) is 7.63. The fourth-order valence-electron chi connectivity index (χ4n) is 0.986. The molecule has 0 radical (unpaired) electrons. The average molecular weight is 220 g/mol. The lowest BCUT2D eigenvalue weighted by molar-refractivity contribution is -0.150. The molecule has 0 saturated heterocycles. The molecule has 1 aromatic carbocycles. The highest BCUT2D eigenvalue weighted by Crippen LogP contribution is 2.21. The molecule has 0 unspecified atom stereocenters. The first-order valence-corrected chi connectivity index (χ1v) is 3.87. The first kappa shape index (κ1) is 11.5. The van der Waals surface area contributed by atoms with Crippen LogP contribution in [0.3, 0.4) is 0 Å². The third kappa shape index (κ3) is 2.27. The maximum absolute atomic E-state index is 13.0. The number of aliphatic hydroxyl groups is 1. The lowest BCUT2D eigenvalue weighted by atomic mass is 10.1. The van der Waals surface area contributed by atoms with Gasteiger partial charge in [0.05, 0.1) is 7.11 Å². The second-order valence-corrected chi connectivity index (χ2v) is 2.71. The van der Waals surface area contributed by atoms with E-state index in [-0.39, 0.29) is 6.07 Å². The zero-order chi connectivity index (χ0) is 11.6. The van der Waals surface area contributed by atoms with Crippen LogP contribution in [0.15, 0.2) is 12.1 Å². The molecule has 0 aliphatic carbocycles. The number of hydrogen-bond acceptors (Lipinski definition) is 3. The molecule has 6 heteroatoms. The number of rotatable bonds is 2. The molecule has 15 heavy (non-hydrogen) atoms. The molecule has 0 heterocycles. The van der Waals surface area contributed by atoms with Crippen LogP contribution in [0.5, 0.6) is 0 Å². The van der Waals surface area contributed by atoms with Crippen LogP contribution in [0.1, 0.15) is 11.7 Å². The first-order valence-electron chi connectivity index (χ1n) is 3.87. The van der Waals surface area contributed by atoms with E-state index in [9.17, 15) is 23.1 Å². The number of hydrogen-bond donors (Lipinski definition) is 1. The van der Waals surface area contributed by atoms with E-state index in [2.05, 4.69) is 4.74 Å². The number of halogens is 3. The summed E-state index contributed by atoms with van der Waals surface area (Å²) in [6, 6.07) is 0.656. The minimum absolute atomic E-state index is 0.247. The van der Waals surface area contributed by atoms with Gasteiger partial charge in [0.1, 0.15) is 5.82 Å². The summed E-state index contributed by atoms with van der Waals surface area (Å²) >= 11 is 0. The maximum atomic E-state index is 13.0. The topological polar surface area (TPSA) is 46.5 Å². The highest BCUT2D eigenvalue weighted by atomic mass is 19.2. The monoisotopic (exact) mass is 220 g/mol. The summed E-state index contributed by atoms with van der Waals surface area (Å²) in [6.45, 7) is 0. The van der Waals surface area contributed by atoms with Crippen molar-refractivity contribution in [2.75, 3.05) is 7.11 Å². The Bertz CT molecular complexity index is 392. The smallest absolute Gasteiger partial charge is 0.339 e. The highest BCUT2D eigenvalue weighted by molar-refractivity contribution is 5.76. The Kier molecular flexibility index (Phi) is 3.31. The summed E-state index contributed by atoms with van der Waals surface area (Å²) < 4.78 is 42.3. The molecule has 0 aliphatic heterocycles. The van der Waals surface area contributed by atoms with E-state index in [1.54, 1.807) is 0 Å². The Morgan fingerprint density at radius 1 is 1.27 bits per heavy atom. The summed E-state index contributed by atoms with van der Waals surface area (Å²) in [6.07, 6.45) is -1.97. The molecule has 0 spiro atoms. The fraction of sp³-hybridized carbons (Fsp3) is 0.222. The average Bonchev–Trinajstić information content (AvgIpc) is 2.21. The van der Waals surface area contributed by atoms with Gasteiger partial charge < -0.3 is 9.84 Å². The SMILES string of the molecule is COC(=O)[C@H](O)c1cc(F)c(F)cc1F. The van der Waals surface area contributed by atoms with Gasteiger partial charge in [0.2, 0.25) is 0 Å². The third-order valence-electron chi connectivity index (χ3n) is 1.76. The van der Waals surface area contributed by atoms with Crippen LogP contribution in [0, 0.1) is 17.5 Å². The van der Waals surface area contributed by atoms with Crippen LogP contribution < -0.4 is 0 Å². The molecule has 1 N–H and O–H groups in total. The van der Waals surface area contributed by atoms with Crippen LogP contribution in [-0.4, -0.2) is 18.2 Å². The summed E-state index contributed by atoms with van der Waals surface area (Å²) in [5, 5.41) is 9.18. The Labute approximate surface area is 83.1 Å². The molecular formula is C9H7F3O3. The first-order chi connectivity index (χ1) is 6.97.